The molecule has 1 nitrogen and oxygen atoms in total. The second-order valence-corrected chi connectivity index (χ2v) is 7.49. The third-order valence-electron chi connectivity index (χ3n) is 5.23. The minimum Gasteiger partial charge on any atom is -0.316 e. The summed E-state index contributed by atoms with van der Waals surface area (Å²) < 4.78 is 1.15. The van der Waals surface area contributed by atoms with Gasteiger partial charge in [-0.2, -0.15) is 0 Å². The van der Waals surface area contributed by atoms with Gasteiger partial charge < -0.3 is 4.48 Å². The molecule has 0 atom stereocenters. The molecule has 24 heavy (non-hydrogen) atoms. The topological polar surface area (TPSA) is 0 Å². The van der Waals surface area contributed by atoms with Crippen molar-refractivity contribution in [3.63, 3.8) is 0 Å². The Kier molecular flexibility index (Phi) is 5.76. The average molecular weight is 341 g/mol. The van der Waals surface area contributed by atoms with Crippen LogP contribution in [0.25, 0.3) is 6.08 Å². The van der Waals surface area contributed by atoms with E-state index in [0.29, 0.717) is 0 Å². The lowest BCUT2D eigenvalue weighted by Gasteiger charge is -2.38. The van der Waals surface area contributed by atoms with Gasteiger partial charge in [-0.05, 0) is 43.4 Å². The molecule has 0 spiro atoms. The Bertz CT molecular complexity index is 667. The molecule has 0 saturated carbocycles. The van der Waals surface area contributed by atoms with Gasteiger partial charge in [0.2, 0.25) is 0 Å². The SMILES string of the molecule is C=Cc1ccccc1C[N+]1(Cc2ccc(Cl)cc2)CCCCCC1. The fraction of sp³-hybridized carbons (Fsp3) is 0.364. The van der Waals surface area contributed by atoms with E-state index in [1.807, 2.05) is 18.2 Å². The number of quaternary nitrogens is 1. The van der Waals surface area contributed by atoms with Gasteiger partial charge in [-0.3, -0.25) is 0 Å². The molecule has 0 N–H and O–H groups in total. The predicted octanol–water partition coefficient (Wildman–Crippen LogP) is 6.07. The molecule has 1 aliphatic rings. The van der Waals surface area contributed by atoms with Gasteiger partial charge in [-0.1, -0.05) is 60.7 Å². The number of hydrogen-bond acceptors (Lipinski definition) is 0. The van der Waals surface area contributed by atoms with Crippen molar-refractivity contribution in [2.24, 2.45) is 0 Å². The number of rotatable bonds is 5. The summed E-state index contributed by atoms with van der Waals surface area (Å²) in [5, 5.41) is 0.818. The van der Waals surface area contributed by atoms with Gasteiger partial charge in [0.25, 0.3) is 0 Å². The van der Waals surface area contributed by atoms with Crippen molar-refractivity contribution < 1.29 is 4.48 Å². The summed E-state index contributed by atoms with van der Waals surface area (Å²) in [6.45, 7) is 8.69. The van der Waals surface area contributed by atoms with Crippen molar-refractivity contribution in [3.8, 4) is 0 Å². The lowest BCUT2D eigenvalue weighted by molar-refractivity contribution is -0.953. The monoisotopic (exact) mass is 340 g/mol. The van der Waals surface area contributed by atoms with Gasteiger partial charge in [0.05, 0.1) is 13.1 Å². The zero-order valence-corrected chi connectivity index (χ0v) is 15.1. The smallest absolute Gasteiger partial charge is 0.105 e. The molecule has 2 aromatic rings. The lowest BCUT2D eigenvalue weighted by atomic mass is 10.0. The third-order valence-corrected chi connectivity index (χ3v) is 5.48. The Hall–Kier alpha value is -1.57. The molecule has 0 bridgehead atoms. The van der Waals surface area contributed by atoms with Gasteiger partial charge in [0.1, 0.15) is 13.1 Å². The van der Waals surface area contributed by atoms with Crippen molar-refractivity contribution in [1.82, 2.24) is 0 Å². The van der Waals surface area contributed by atoms with Crippen molar-refractivity contribution in [2.75, 3.05) is 13.1 Å². The van der Waals surface area contributed by atoms with Crippen LogP contribution in [0.4, 0.5) is 0 Å². The molecule has 0 aromatic heterocycles. The maximum atomic E-state index is 6.07. The largest absolute Gasteiger partial charge is 0.316 e. The number of halogens is 1. The van der Waals surface area contributed by atoms with Gasteiger partial charge in [-0.25, -0.2) is 0 Å². The van der Waals surface area contributed by atoms with Crippen LogP contribution < -0.4 is 0 Å². The molecule has 1 heterocycles. The van der Waals surface area contributed by atoms with Crippen LogP contribution in [-0.4, -0.2) is 17.6 Å². The first kappa shape index (κ1) is 17.3. The summed E-state index contributed by atoms with van der Waals surface area (Å²) in [6.07, 6.45) is 7.37. The van der Waals surface area contributed by atoms with Crippen LogP contribution in [-0.2, 0) is 13.1 Å². The first-order chi connectivity index (χ1) is 11.7. The Balaban J connectivity index is 1.89. The highest BCUT2D eigenvalue weighted by Crippen LogP contribution is 2.27. The Morgan fingerprint density at radius 2 is 1.54 bits per heavy atom. The predicted molar refractivity (Wildman–Crippen MR) is 104 cm³/mol. The van der Waals surface area contributed by atoms with Crippen LogP contribution in [0.3, 0.4) is 0 Å². The minimum atomic E-state index is 0.818. The Labute approximate surface area is 151 Å². The molecule has 1 saturated heterocycles. The van der Waals surface area contributed by atoms with Gasteiger partial charge in [-0.15, -0.1) is 0 Å². The van der Waals surface area contributed by atoms with Gasteiger partial charge in [0.15, 0.2) is 0 Å². The molecule has 1 aliphatic heterocycles. The zero-order valence-electron chi connectivity index (χ0n) is 14.4. The molecule has 3 rings (SSSR count). The molecule has 2 aromatic carbocycles. The lowest BCUT2D eigenvalue weighted by Crippen LogP contribution is -2.47. The van der Waals surface area contributed by atoms with E-state index in [1.165, 1.54) is 55.5 Å². The standard InChI is InChI=1S/C22H27ClN/c1-2-20-9-5-6-10-21(20)18-24(15-7-3-4-8-16-24)17-19-11-13-22(23)14-12-19/h2,5-6,9-14H,1,3-4,7-8,15-18H2/q+1. The number of nitrogens with zero attached hydrogens (tertiary/aromatic N) is 1. The van der Waals surface area contributed by atoms with E-state index in [4.69, 9.17) is 11.6 Å². The van der Waals surface area contributed by atoms with E-state index in [0.717, 1.165) is 22.6 Å². The van der Waals surface area contributed by atoms with E-state index < -0.39 is 0 Å². The van der Waals surface area contributed by atoms with Gasteiger partial charge >= 0.3 is 0 Å². The van der Waals surface area contributed by atoms with Crippen LogP contribution in [0.5, 0.6) is 0 Å². The van der Waals surface area contributed by atoms with Crippen molar-refractivity contribution in [3.05, 3.63) is 76.8 Å². The number of benzene rings is 2. The average Bonchev–Trinajstić information content (AvgIpc) is 2.83. The molecule has 0 aliphatic carbocycles. The van der Waals surface area contributed by atoms with Crippen LogP contribution in [0.2, 0.25) is 5.02 Å². The van der Waals surface area contributed by atoms with E-state index in [9.17, 15) is 0 Å². The quantitative estimate of drug-likeness (QED) is 0.579. The van der Waals surface area contributed by atoms with E-state index >= 15 is 0 Å². The first-order valence-corrected chi connectivity index (χ1v) is 9.38. The van der Waals surface area contributed by atoms with Crippen LogP contribution >= 0.6 is 11.6 Å². The van der Waals surface area contributed by atoms with E-state index in [2.05, 4.69) is 43.0 Å². The fourth-order valence-electron chi connectivity index (χ4n) is 3.95. The van der Waals surface area contributed by atoms with Gasteiger partial charge in [0, 0.05) is 16.1 Å². The molecule has 0 amide bonds. The Morgan fingerprint density at radius 1 is 0.875 bits per heavy atom. The maximum Gasteiger partial charge on any atom is 0.105 e. The molecule has 0 radical (unpaired) electrons. The number of hydrogen-bond donors (Lipinski definition) is 0. The summed E-state index contributed by atoms with van der Waals surface area (Å²) in [4.78, 5) is 0. The normalized spacial score (nSPS) is 17.2. The van der Waals surface area contributed by atoms with E-state index in [-0.39, 0.29) is 0 Å². The fourth-order valence-corrected chi connectivity index (χ4v) is 4.07. The Morgan fingerprint density at radius 3 is 2.21 bits per heavy atom. The molecular formula is C22H27ClN+. The van der Waals surface area contributed by atoms with Crippen LogP contribution in [0.1, 0.15) is 42.4 Å². The van der Waals surface area contributed by atoms with E-state index in [1.54, 1.807) is 0 Å². The van der Waals surface area contributed by atoms with Crippen molar-refractivity contribution in [2.45, 2.75) is 38.8 Å². The third kappa shape index (κ3) is 4.28. The van der Waals surface area contributed by atoms with Crippen LogP contribution in [0, 0.1) is 0 Å². The van der Waals surface area contributed by atoms with Crippen molar-refractivity contribution in [1.29, 1.82) is 0 Å². The molecule has 2 heteroatoms. The minimum absolute atomic E-state index is 0.818. The summed E-state index contributed by atoms with van der Waals surface area (Å²) in [5.41, 5.74) is 4.08. The highest BCUT2D eigenvalue weighted by Gasteiger charge is 2.30. The molecule has 1 fully saturated rings. The summed E-state index contributed by atoms with van der Waals surface area (Å²) >= 11 is 6.07. The second kappa shape index (κ2) is 8.00. The second-order valence-electron chi connectivity index (χ2n) is 7.05. The number of likely N-dealkylation sites (tertiary alicyclic amines) is 1. The maximum absolute atomic E-state index is 6.07. The molecule has 126 valence electrons. The van der Waals surface area contributed by atoms with Crippen LogP contribution in [0.15, 0.2) is 55.1 Å². The highest BCUT2D eigenvalue weighted by molar-refractivity contribution is 6.30. The summed E-state index contributed by atoms with van der Waals surface area (Å²) in [5.74, 6) is 0. The zero-order chi connectivity index (χ0) is 16.8. The van der Waals surface area contributed by atoms with Crippen molar-refractivity contribution >= 4 is 17.7 Å². The summed E-state index contributed by atoms with van der Waals surface area (Å²) in [7, 11) is 0. The molecule has 0 unspecified atom stereocenters. The molecular weight excluding hydrogens is 314 g/mol. The highest BCUT2D eigenvalue weighted by atomic mass is 35.5. The first-order valence-electron chi connectivity index (χ1n) is 9.01. The summed E-state index contributed by atoms with van der Waals surface area (Å²) in [6, 6.07) is 17.1.